The third kappa shape index (κ3) is 1.91. The van der Waals surface area contributed by atoms with Gasteiger partial charge in [-0.15, -0.1) is 0 Å². The largest absolute Gasteiger partial charge is 0.393 e. The topological polar surface area (TPSA) is 60.7 Å². The van der Waals surface area contributed by atoms with Crippen LogP contribution < -0.4 is 0 Å². The molecule has 2 aliphatic rings. The predicted molar refractivity (Wildman–Crippen MR) is 71.1 cm³/mol. The van der Waals surface area contributed by atoms with E-state index < -0.39 is 11.2 Å². The van der Waals surface area contributed by atoms with E-state index in [2.05, 4.69) is 13.8 Å². The molecular formula is C15H28O3. The zero-order valence-electron chi connectivity index (χ0n) is 12.1. The molecule has 3 nitrogen and oxygen atoms in total. The van der Waals surface area contributed by atoms with E-state index in [0.29, 0.717) is 5.92 Å². The van der Waals surface area contributed by atoms with Crippen LogP contribution in [-0.4, -0.2) is 33.1 Å². The molecule has 1 unspecified atom stereocenters. The van der Waals surface area contributed by atoms with Crippen molar-refractivity contribution in [1.29, 1.82) is 0 Å². The van der Waals surface area contributed by atoms with Gasteiger partial charge in [0.25, 0.3) is 0 Å². The van der Waals surface area contributed by atoms with Crippen molar-refractivity contribution in [3.05, 3.63) is 0 Å². The first kappa shape index (κ1) is 14.3. The smallest absolute Gasteiger partial charge is 0.0880 e. The molecule has 0 amide bonds. The molecule has 3 N–H and O–H groups in total. The van der Waals surface area contributed by atoms with Gasteiger partial charge in [-0.2, -0.15) is 0 Å². The molecule has 2 fully saturated rings. The van der Waals surface area contributed by atoms with Crippen LogP contribution in [-0.2, 0) is 0 Å². The fraction of sp³-hybridized carbons (Fsp3) is 1.00. The van der Waals surface area contributed by atoms with Crippen LogP contribution in [0.3, 0.4) is 0 Å². The van der Waals surface area contributed by atoms with Gasteiger partial charge in [0.05, 0.1) is 17.8 Å². The highest BCUT2D eigenvalue weighted by Gasteiger charge is 2.58. The molecule has 2 rings (SSSR count). The van der Waals surface area contributed by atoms with Gasteiger partial charge in [0.2, 0.25) is 0 Å². The Hall–Kier alpha value is -0.120. The van der Waals surface area contributed by atoms with Crippen molar-refractivity contribution in [2.24, 2.45) is 23.2 Å². The molecule has 6 atom stereocenters. The second-order valence-electron chi connectivity index (χ2n) is 7.39. The van der Waals surface area contributed by atoms with Crippen molar-refractivity contribution < 1.29 is 15.3 Å². The van der Waals surface area contributed by atoms with Crippen LogP contribution in [0.5, 0.6) is 0 Å². The first-order chi connectivity index (χ1) is 8.15. The molecule has 0 aromatic rings. The summed E-state index contributed by atoms with van der Waals surface area (Å²) in [5, 5.41) is 30.3. The standard InChI is InChI=1S/C15H28O3/c1-10-13(2)7-5-12(15(4,18)9-16)11(13)6-8-14(10,3)17/h10-12,16-18H,5-9H2,1-4H3/t10-,11-,12-,13+,14+,15?/m0/s1. The second kappa shape index (κ2) is 4.19. The van der Waals surface area contributed by atoms with Crippen molar-refractivity contribution >= 4 is 0 Å². The van der Waals surface area contributed by atoms with Crippen molar-refractivity contribution in [3.63, 3.8) is 0 Å². The van der Waals surface area contributed by atoms with Crippen LogP contribution in [0.4, 0.5) is 0 Å². The summed E-state index contributed by atoms with van der Waals surface area (Å²) in [4.78, 5) is 0. The lowest BCUT2D eigenvalue weighted by molar-refractivity contribution is -0.133. The van der Waals surface area contributed by atoms with Crippen LogP contribution in [0.1, 0.15) is 53.4 Å². The van der Waals surface area contributed by atoms with Gasteiger partial charge in [0.1, 0.15) is 0 Å². The summed E-state index contributed by atoms with van der Waals surface area (Å²) in [5.41, 5.74) is -1.48. The molecule has 2 saturated carbocycles. The third-order valence-corrected chi connectivity index (χ3v) is 6.33. The predicted octanol–water partition coefficient (Wildman–Crippen LogP) is 1.94. The molecule has 3 heteroatoms. The lowest BCUT2D eigenvalue weighted by Crippen LogP contribution is -2.52. The van der Waals surface area contributed by atoms with E-state index >= 15 is 0 Å². The zero-order chi connectivity index (χ0) is 13.8. The van der Waals surface area contributed by atoms with E-state index in [-0.39, 0.29) is 23.9 Å². The molecule has 0 aromatic carbocycles. The average Bonchev–Trinajstić information content (AvgIpc) is 2.64. The maximum absolute atomic E-state index is 10.5. The summed E-state index contributed by atoms with van der Waals surface area (Å²) < 4.78 is 0. The lowest BCUT2D eigenvalue weighted by atomic mass is 9.55. The molecule has 0 heterocycles. The van der Waals surface area contributed by atoms with Crippen molar-refractivity contribution in [2.45, 2.75) is 64.6 Å². The van der Waals surface area contributed by atoms with Gasteiger partial charge in [-0.25, -0.2) is 0 Å². The number of hydrogen-bond donors (Lipinski definition) is 3. The van der Waals surface area contributed by atoms with E-state index in [0.717, 1.165) is 25.7 Å². The Morgan fingerprint density at radius 1 is 1.22 bits per heavy atom. The Morgan fingerprint density at radius 3 is 2.39 bits per heavy atom. The molecule has 0 spiro atoms. The number of rotatable bonds is 2. The van der Waals surface area contributed by atoms with Crippen molar-refractivity contribution in [1.82, 2.24) is 0 Å². The highest BCUT2D eigenvalue weighted by molar-refractivity contribution is 5.08. The number of hydrogen-bond acceptors (Lipinski definition) is 3. The van der Waals surface area contributed by atoms with Crippen LogP contribution in [0.15, 0.2) is 0 Å². The normalized spacial score (nSPS) is 51.8. The van der Waals surface area contributed by atoms with E-state index in [1.54, 1.807) is 6.92 Å². The van der Waals surface area contributed by atoms with Crippen LogP contribution in [0, 0.1) is 23.2 Å². The van der Waals surface area contributed by atoms with E-state index in [1.165, 1.54) is 0 Å². The summed E-state index contributed by atoms with van der Waals surface area (Å²) in [7, 11) is 0. The Morgan fingerprint density at radius 2 is 1.83 bits per heavy atom. The summed E-state index contributed by atoms with van der Waals surface area (Å²) in [6, 6.07) is 0. The summed E-state index contributed by atoms with van der Waals surface area (Å²) >= 11 is 0. The van der Waals surface area contributed by atoms with Crippen LogP contribution >= 0.6 is 0 Å². The molecular weight excluding hydrogens is 228 g/mol. The summed E-state index contributed by atoms with van der Waals surface area (Å²) in [5.74, 6) is 0.809. The highest BCUT2D eigenvalue weighted by Crippen LogP contribution is 2.61. The number of aliphatic hydroxyl groups excluding tert-OH is 1. The zero-order valence-corrected chi connectivity index (χ0v) is 12.1. The van der Waals surface area contributed by atoms with Gasteiger partial charge in [0.15, 0.2) is 0 Å². The third-order valence-electron chi connectivity index (χ3n) is 6.33. The van der Waals surface area contributed by atoms with E-state index in [4.69, 9.17) is 0 Å². The molecule has 0 aromatic heterocycles. The molecule has 0 saturated heterocycles. The van der Waals surface area contributed by atoms with Gasteiger partial charge in [-0.05, 0) is 62.7 Å². The minimum absolute atomic E-state index is 0.0889. The molecule has 2 aliphatic carbocycles. The maximum Gasteiger partial charge on any atom is 0.0880 e. The van der Waals surface area contributed by atoms with Gasteiger partial charge < -0.3 is 15.3 Å². The Kier molecular flexibility index (Phi) is 3.33. The SMILES string of the molecule is C[C@H]1[C@@]2(C)CC[C@H](C(C)(O)CO)[C@@H]2CC[C@@]1(C)O. The van der Waals surface area contributed by atoms with Gasteiger partial charge >= 0.3 is 0 Å². The average molecular weight is 256 g/mol. The van der Waals surface area contributed by atoms with Crippen molar-refractivity contribution in [2.75, 3.05) is 6.61 Å². The minimum Gasteiger partial charge on any atom is -0.393 e. The van der Waals surface area contributed by atoms with Gasteiger partial charge in [-0.3, -0.25) is 0 Å². The Labute approximate surface area is 110 Å². The number of aliphatic hydroxyl groups is 3. The van der Waals surface area contributed by atoms with Gasteiger partial charge in [0, 0.05) is 0 Å². The van der Waals surface area contributed by atoms with E-state index in [1.807, 2.05) is 6.92 Å². The Balaban J connectivity index is 2.28. The monoisotopic (exact) mass is 256 g/mol. The summed E-state index contributed by atoms with van der Waals surface area (Å²) in [6.45, 7) is 7.91. The fourth-order valence-electron chi connectivity index (χ4n) is 4.62. The number of fused-ring (bicyclic) bond motifs is 1. The molecule has 0 aliphatic heterocycles. The first-order valence-electron chi connectivity index (χ1n) is 7.21. The quantitative estimate of drug-likeness (QED) is 0.707. The fourth-order valence-corrected chi connectivity index (χ4v) is 4.62. The molecule has 0 bridgehead atoms. The highest BCUT2D eigenvalue weighted by atomic mass is 16.3. The maximum atomic E-state index is 10.5. The van der Waals surface area contributed by atoms with E-state index in [9.17, 15) is 15.3 Å². The summed E-state index contributed by atoms with van der Waals surface area (Å²) in [6.07, 6.45) is 3.74. The minimum atomic E-state index is -0.981. The van der Waals surface area contributed by atoms with Crippen molar-refractivity contribution in [3.8, 4) is 0 Å². The lowest BCUT2D eigenvalue weighted by Gasteiger charge is -2.52. The first-order valence-corrected chi connectivity index (χ1v) is 7.21. The molecule has 106 valence electrons. The van der Waals surface area contributed by atoms with Crippen LogP contribution in [0.25, 0.3) is 0 Å². The molecule has 18 heavy (non-hydrogen) atoms. The van der Waals surface area contributed by atoms with Gasteiger partial charge in [-0.1, -0.05) is 13.8 Å². The van der Waals surface area contributed by atoms with Crippen LogP contribution in [0.2, 0.25) is 0 Å². The Bertz CT molecular complexity index is 324. The second-order valence-corrected chi connectivity index (χ2v) is 7.39. The molecule has 0 radical (unpaired) electrons.